The summed E-state index contributed by atoms with van der Waals surface area (Å²) in [6.07, 6.45) is 0.564. The molecule has 0 fully saturated rings. The van der Waals surface area contributed by atoms with E-state index in [9.17, 15) is 14.0 Å². The van der Waals surface area contributed by atoms with Crippen LogP contribution in [0.25, 0.3) is 0 Å². The lowest BCUT2D eigenvalue weighted by Crippen LogP contribution is -2.42. The zero-order chi connectivity index (χ0) is 20.6. The lowest BCUT2D eigenvalue weighted by molar-refractivity contribution is -0.159. The molecule has 1 aromatic carbocycles. The first-order valence-electron chi connectivity index (χ1n) is 8.98. The van der Waals surface area contributed by atoms with E-state index < -0.39 is 17.4 Å². The Morgan fingerprint density at radius 2 is 1.81 bits per heavy atom. The maximum Gasteiger partial charge on any atom is 0.326 e. The molecular formula is C20H31FN2O4. The van der Waals surface area contributed by atoms with Gasteiger partial charge in [0.15, 0.2) is 11.6 Å². The van der Waals surface area contributed by atoms with Gasteiger partial charge in [-0.05, 0) is 59.0 Å². The van der Waals surface area contributed by atoms with Gasteiger partial charge in [-0.25, -0.2) is 4.39 Å². The Morgan fingerprint density at radius 1 is 1.15 bits per heavy atom. The number of benzene rings is 1. The topological polar surface area (TPSA) is 59.1 Å². The first-order valence-corrected chi connectivity index (χ1v) is 8.98. The molecule has 0 bridgehead atoms. The van der Waals surface area contributed by atoms with Crippen molar-refractivity contribution in [2.45, 2.75) is 39.2 Å². The normalized spacial score (nSPS) is 11.4. The van der Waals surface area contributed by atoms with Gasteiger partial charge in [0.25, 0.3) is 0 Å². The molecular weight excluding hydrogens is 351 g/mol. The van der Waals surface area contributed by atoms with E-state index in [2.05, 4.69) is 0 Å². The third-order valence-corrected chi connectivity index (χ3v) is 3.75. The average Bonchev–Trinajstić information content (AvgIpc) is 2.54. The molecule has 6 nitrogen and oxygen atoms in total. The fourth-order valence-corrected chi connectivity index (χ4v) is 2.42. The summed E-state index contributed by atoms with van der Waals surface area (Å²) in [7, 11) is 5.20. The van der Waals surface area contributed by atoms with Gasteiger partial charge < -0.3 is 19.3 Å². The molecule has 0 radical (unpaired) electrons. The highest BCUT2D eigenvalue weighted by Gasteiger charge is 2.22. The summed E-state index contributed by atoms with van der Waals surface area (Å²) in [5, 5.41) is 0. The molecule has 0 heterocycles. The van der Waals surface area contributed by atoms with Gasteiger partial charge in [-0.15, -0.1) is 0 Å². The third-order valence-electron chi connectivity index (χ3n) is 3.75. The second kappa shape index (κ2) is 10.3. The molecule has 0 saturated heterocycles. The molecule has 0 spiro atoms. The van der Waals surface area contributed by atoms with Crippen LogP contribution in [0.3, 0.4) is 0 Å². The van der Waals surface area contributed by atoms with E-state index in [1.54, 1.807) is 32.9 Å². The first kappa shape index (κ1) is 22.9. The number of rotatable bonds is 9. The van der Waals surface area contributed by atoms with Gasteiger partial charge in [0.05, 0.1) is 7.11 Å². The average molecular weight is 382 g/mol. The van der Waals surface area contributed by atoms with Crippen molar-refractivity contribution in [1.29, 1.82) is 0 Å². The van der Waals surface area contributed by atoms with Crippen molar-refractivity contribution in [3.8, 4) is 5.75 Å². The number of esters is 1. The molecule has 0 aliphatic rings. The second-order valence-corrected chi connectivity index (χ2v) is 7.67. The van der Waals surface area contributed by atoms with Gasteiger partial charge in [0.2, 0.25) is 5.91 Å². The van der Waals surface area contributed by atoms with Crippen molar-refractivity contribution < 1.29 is 23.5 Å². The van der Waals surface area contributed by atoms with Crippen molar-refractivity contribution in [2.75, 3.05) is 40.8 Å². The van der Waals surface area contributed by atoms with E-state index >= 15 is 0 Å². The SMILES string of the molecule is COc1ccc(CCC(=O)N(CCN(C)C)CC(=O)OC(C)(C)C)cc1F. The molecule has 7 heteroatoms. The minimum atomic E-state index is -0.603. The van der Waals surface area contributed by atoms with Crippen LogP contribution in [0.4, 0.5) is 4.39 Å². The van der Waals surface area contributed by atoms with Crippen molar-refractivity contribution in [1.82, 2.24) is 9.80 Å². The van der Waals surface area contributed by atoms with Crippen molar-refractivity contribution >= 4 is 11.9 Å². The Labute approximate surface area is 161 Å². The highest BCUT2D eigenvalue weighted by molar-refractivity contribution is 5.82. The molecule has 1 aromatic rings. The Bertz CT molecular complexity index is 641. The quantitative estimate of drug-likeness (QED) is 0.614. The number of likely N-dealkylation sites (N-methyl/N-ethyl adjacent to an activating group) is 1. The molecule has 0 saturated carbocycles. The molecule has 0 aliphatic heterocycles. The molecule has 0 aliphatic carbocycles. The van der Waals surface area contributed by atoms with Gasteiger partial charge in [0.1, 0.15) is 12.1 Å². The summed E-state index contributed by atoms with van der Waals surface area (Å²) in [5.74, 6) is -0.896. The summed E-state index contributed by atoms with van der Waals surface area (Å²) in [4.78, 5) is 28.2. The van der Waals surface area contributed by atoms with Crippen LogP contribution in [0.15, 0.2) is 18.2 Å². The second-order valence-electron chi connectivity index (χ2n) is 7.67. The monoisotopic (exact) mass is 382 g/mol. The van der Waals surface area contributed by atoms with Crippen LogP contribution in [0.1, 0.15) is 32.8 Å². The van der Waals surface area contributed by atoms with Gasteiger partial charge in [-0.1, -0.05) is 6.07 Å². The standard InChI is InChI=1S/C20H31FN2O4/c1-20(2,3)27-19(25)14-23(12-11-22(4)5)18(24)10-8-15-7-9-17(26-6)16(21)13-15/h7,9,13H,8,10-12,14H2,1-6H3. The van der Waals surface area contributed by atoms with Crippen molar-refractivity contribution in [3.63, 3.8) is 0 Å². The van der Waals surface area contributed by atoms with Gasteiger partial charge in [-0.3, -0.25) is 9.59 Å². The largest absolute Gasteiger partial charge is 0.494 e. The van der Waals surface area contributed by atoms with E-state index in [1.807, 2.05) is 19.0 Å². The minimum absolute atomic E-state index is 0.0963. The Hall–Kier alpha value is -2.15. The van der Waals surface area contributed by atoms with E-state index in [-0.39, 0.29) is 24.6 Å². The number of ether oxygens (including phenoxy) is 2. The zero-order valence-electron chi connectivity index (χ0n) is 17.2. The van der Waals surface area contributed by atoms with Crippen LogP contribution in [0.2, 0.25) is 0 Å². The number of nitrogens with zero attached hydrogens (tertiary/aromatic N) is 2. The molecule has 152 valence electrons. The number of hydrogen-bond donors (Lipinski definition) is 0. The number of carbonyl (C=O) groups is 2. The van der Waals surface area contributed by atoms with Crippen molar-refractivity contribution in [2.24, 2.45) is 0 Å². The summed E-state index contributed by atoms with van der Waals surface area (Å²) < 4.78 is 24.0. The maximum atomic E-state index is 13.8. The molecule has 27 heavy (non-hydrogen) atoms. The minimum Gasteiger partial charge on any atom is -0.494 e. The molecule has 0 N–H and O–H groups in total. The van der Waals surface area contributed by atoms with Crippen LogP contribution in [0, 0.1) is 5.82 Å². The van der Waals surface area contributed by atoms with Crippen LogP contribution in [0.5, 0.6) is 5.75 Å². The molecule has 0 aromatic heterocycles. The maximum absolute atomic E-state index is 13.8. The molecule has 1 amide bonds. The van der Waals surface area contributed by atoms with E-state index in [1.165, 1.54) is 18.1 Å². The van der Waals surface area contributed by atoms with Gasteiger partial charge in [0, 0.05) is 19.5 Å². The summed E-state index contributed by atoms with van der Waals surface area (Å²) in [6.45, 7) is 6.31. The lowest BCUT2D eigenvalue weighted by atomic mass is 10.1. The summed E-state index contributed by atoms with van der Waals surface area (Å²) in [5.41, 5.74) is 0.0972. The smallest absolute Gasteiger partial charge is 0.326 e. The number of aryl methyl sites for hydroxylation is 1. The van der Waals surface area contributed by atoms with Crippen LogP contribution >= 0.6 is 0 Å². The number of methoxy groups -OCH3 is 1. The fourth-order valence-electron chi connectivity index (χ4n) is 2.42. The van der Waals surface area contributed by atoms with Crippen LogP contribution in [-0.4, -0.2) is 68.1 Å². The molecule has 0 atom stereocenters. The highest BCUT2D eigenvalue weighted by atomic mass is 19.1. The van der Waals surface area contributed by atoms with Gasteiger partial charge >= 0.3 is 5.97 Å². The molecule has 0 unspecified atom stereocenters. The van der Waals surface area contributed by atoms with Crippen LogP contribution in [-0.2, 0) is 20.7 Å². The lowest BCUT2D eigenvalue weighted by Gasteiger charge is -2.26. The zero-order valence-corrected chi connectivity index (χ0v) is 17.2. The number of hydrogen-bond acceptors (Lipinski definition) is 5. The number of carbonyl (C=O) groups excluding carboxylic acids is 2. The number of halogens is 1. The van der Waals surface area contributed by atoms with Gasteiger partial charge in [-0.2, -0.15) is 0 Å². The first-order chi connectivity index (χ1) is 12.5. The molecule has 1 rings (SSSR count). The predicted molar refractivity (Wildman–Crippen MR) is 102 cm³/mol. The summed E-state index contributed by atoms with van der Waals surface area (Å²) in [6, 6.07) is 4.64. The highest BCUT2D eigenvalue weighted by Crippen LogP contribution is 2.18. The van der Waals surface area contributed by atoms with E-state index in [4.69, 9.17) is 9.47 Å². The predicted octanol–water partition coefficient (Wildman–Crippen LogP) is 2.50. The van der Waals surface area contributed by atoms with Crippen LogP contribution < -0.4 is 4.74 Å². The van der Waals surface area contributed by atoms with E-state index in [0.717, 1.165) is 0 Å². The Morgan fingerprint density at radius 3 is 2.33 bits per heavy atom. The Balaban J connectivity index is 2.71. The number of amides is 1. The third kappa shape index (κ3) is 8.86. The van der Waals surface area contributed by atoms with E-state index in [0.29, 0.717) is 25.1 Å². The Kier molecular flexibility index (Phi) is 8.69. The fraction of sp³-hybridized carbons (Fsp3) is 0.600. The summed E-state index contributed by atoms with van der Waals surface area (Å²) >= 11 is 0. The van der Waals surface area contributed by atoms with Crippen molar-refractivity contribution in [3.05, 3.63) is 29.6 Å².